The van der Waals surface area contributed by atoms with E-state index in [1.54, 1.807) is 0 Å². The van der Waals surface area contributed by atoms with Crippen molar-refractivity contribution in [2.24, 2.45) is 5.73 Å². The zero-order valence-corrected chi connectivity index (χ0v) is 14.7. The maximum Gasteiger partial charge on any atom is 0.248 e. The Kier molecular flexibility index (Phi) is 4.42. The molecule has 1 aliphatic carbocycles. The van der Waals surface area contributed by atoms with Gasteiger partial charge >= 0.3 is 0 Å². The highest BCUT2D eigenvalue weighted by Crippen LogP contribution is 2.43. The van der Waals surface area contributed by atoms with Gasteiger partial charge in [0, 0.05) is 17.3 Å². The Balaban J connectivity index is 1.62. The highest BCUT2D eigenvalue weighted by Gasteiger charge is 2.42. The van der Waals surface area contributed by atoms with E-state index in [2.05, 4.69) is 25.5 Å². The minimum absolute atomic E-state index is 0.0666. The number of nitrogens with one attached hydrogen (secondary N) is 1. The van der Waals surface area contributed by atoms with Crippen LogP contribution in [0.3, 0.4) is 0 Å². The molecule has 0 unspecified atom stereocenters. The molecule has 3 N–H and O–H groups in total. The lowest BCUT2D eigenvalue weighted by Crippen LogP contribution is -2.44. The van der Waals surface area contributed by atoms with E-state index >= 15 is 0 Å². The van der Waals surface area contributed by atoms with Crippen LogP contribution in [0.25, 0.3) is 11.3 Å². The minimum Gasteiger partial charge on any atom is -0.366 e. The molecule has 28 heavy (non-hydrogen) atoms. The number of amides is 1. The highest BCUT2D eigenvalue weighted by molar-refractivity contribution is 5.94. The van der Waals surface area contributed by atoms with Gasteiger partial charge in [0.15, 0.2) is 0 Å². The summed E-state index contributed by atoms with van der Waals surface area (Å²) < 4.78 is 28.3. The van der Waals surface area contributed by atoms with Gasteiger partial charge in [-0.3, -0.25) is 9.78 Å². The second kappa shape index (κ2) is 6.91. The van der Waals surface area contributed by atoms with Gasteiger partial charge < -0.3 is 11.1 Å². The molecule has 1 fully saturated rings. The Morgan fingerprint density at radius 3 is 2.54 bits per heavy atom. The Hall–Kier alpha value is -3.49. The van der Waals surface area contributed by atoms with E-state index in [-0.39, 0.29) is 22.8 Å². The number of nitrogens with two attached hydrogens (primary N) is 1. The number of carbonyl (C=O) groups is 1. The lowest BCUT2D eigenvalue weighted by Gasteiger charge is -2.41. The molecule has 3 aromatic rings. The fraction of sp³-hybridized carbons (Fsp3) is 0.211. The van der Waals surface area contributed by atoms with E-state index in [0.717, 1.165) is 12.5 Å². The molecule has 2 aromatic heterocycles. The van der Waals surface area contributed by atoms with Crippen LogP contribution < -0.4 is 11.1 Å². The van der Waals surface area contributed by atoms with Crippen molar-refractivity contribution in [2.75, 3.05) is 5.32 Å². The van der Waals surface area contributed by atoms with Crippen molar-refractivity contribution in [1.29, 1.82) is 0 Å². The number of primary amides is 1. The smallest absolute Gasteiger partial charge is 0.248 e. The average molecular weight is 382 g/mol. The summed E-state index contributed by atoms with van der Waals surface area (Å²) in [6, 6.07) is 6.62. The number of halogens is 2. The summed E-state index contributed by atoms with van der Waals surface area (Å²) in [6.07, 6.45) is 5.15. The summed E-state index contributed by atoms with van der Waals surface area (Å²) in [5.41, 5.74) is 5.23. The SMILES string of the molecule is NC(=O)c1ccc(F)c(-c2cnc(NC3(c4ncccc4F)CCC3)nn2)c1. The number of carbonyl (C=O) groups excluding carboxylic acids is 1. The van der Waals surface area contributed by atoms with Gasteiger partial charge in [0.1, 0.15) is 23.0 Å². The molecule has 7 nitrogen and oxygen atoms in total. The molecule has 0 bridgehead atoms. The zero-order valence-electron chi connectivity index (χ0n) is 14.7. The minimum atomic E-state index is -0.689. The molecule has 2 heterocycles. The summed E-state index contributed by atoms with van der Waals surface area (Å²) in [5, 5.41) is 11.1. The van der Waals surface area contributed by atoms with Crippen molar-refractivity contribution in [2.45, 2.75) is 24.8 Å². The number of pyridine rings is 1. The summed E-state index contributed by atoms with van der Waals surface area (Å²) in [6.45, 7) is 0. The fourth-order valence-corrected chi connectivity index (χ4v) is 3.23. The number of aromatic nitrogens is 4. The number of rotatable bonds is 5. The van der Waals surface area contributed by atoms with Crippen molar-refractivity contribution < 1.29 is 13.6 Å². The number of hydrogen-bond acceptors (Lipinski definition) is 6. The van der Waals surface area contributed by atoms with E-state index in [1.165, 1.54) is 36.7 Å². The Bertz CT molecular complexity index is 1040. The van der Waals surface area contributed by atoms with Crippen LogP contribution in [0.1, 0.15) is 35.3 Å². The summed E-state index contributed by atoms with van der Waals surface area (Å²) in [7, 11) is 0. The molecule has 9 heteroatoms. The summed E-state index contributed by atoms with van der Waals surface area (Å²) >= 11 is 0. The van der Waals surface area contributed by atoms with Gasteiger partial charge in [0.2, 0.25) is 11.9 Å². The quantitative estimate of drug-likeness (QED) is 0.703. The van der Waals surface area contributed by atoms with Crippen LogP contribution in [0.5, 0.6) is 0 Å². The molecule has 1 aliphatic rings. The molecular weight excluding hydrogens is 366 g/mol. The standard InChI is InChI=1S/C19H16F2N6O/c20-13-5-4-11(17(22)28)9-12(13)15-10-24-18(27-26-15)25-19(6-2-7-19)16-14(21)3-1-8-23-16/h1,3-5,8-10H,2,6-7H2,(H2,22,28)(H,24,25,27). The topological polar surface area (TPSA) is 107 Å². The molecular formula is C19H16F2N6O. The zero-order chi connectivity index (χ0) is 19.7. The molecule has 0 spiro atoms. The number of nitrogens with zero attached hydrogens (tertiary/aromatic N) is 4. The number of anilines is 1. The molecule has 0 radical (unpaired) electrons. The van der Waals surface area contributed by atoms with Gasteiger partial charge in [-0.25, -0.2) is 13.8 Å². The second-order valence-electron chi connectivity index (χ2n) is 6.62. The van der Waals surface area contributed by atoms with Gasteiger partial charge in [-0.15, -0.1) is 10.2 Å². The van der Waals surface area contributed by atoms with Crippen LogP contribution in [-0.4, -0.2) is 26.1 Å². The van der Waals surface area contributed by atoms with Crippen LogP contribution in [0.2, 0.25) is 0 Å². The predicted molar refractivity (Wildman–Crippen MR) is 97.1 cm³/mol. The van der Waals surface area contributed by atoms with Gasteiger partial charge in [-0.05, 0) is 49.6 Å². The van der Waals surface area contributed by atoms with Crippen molar-refractivity contribution in [3.8, 4) is 11.3 Å². The fourth-order valence-electron chi connectivity index (χ4n) is 3.23. The van der Waals surface area contributed by atoms with Gasteiger partial charge in [0.25, 0.3) is 0 Å². The predicted octanol–water partition coefficient (Wildman–Crippen LogP) is 2.80. The Morgan fingerprint density at radius 1 is 1.11 bits per heavy atom. The van der Waals surface area contributed by atoms with E-state index < -0.39 is 23.1 Å². The van der Waals surface area contributed by atoms with Crippen LogP contribution in [0.15, 0.2) is 42.7 Å². The van der Waals surface area contributed by atoms with Crippen molar-refractivity contribution in [3.63, 3.8) is 0 Å². The van der Waals surface area contributed by atoms with E-state index in [4.69, 9.17) is 5.73 Å². The maximum atomic E-state index is 14.2. The molecule has 1 saturated carbocycles. The first kappa shape index (κ1) is 17.9. The van der Waals surface area contributed by atoms with E-state index in [0.29, 0.717) is 18.5 Å². The molecule has 1 aromatic carbocycles. The molecule has 4 rings (SSSR count). The van der Waals surface area contributed by atoms with Crippen LogP contribution in [0.4, 0.5) is 14.7 Å². The van der Waals surface area contributed by atoms with Gasteiger partial charge in [-0.1, -0.05) is 0 Å². The van der Waals surface area contributed by atoms with Gasteiger partial charge in [0.05, 0.1) is 11.7 Å². The van der Waals surface area contributed by atoms with Crippen LogP contribution in [0, 0.1) is 11.6 Å². The largest absolute Gasteiger partial charge is 0.366 e. The maximum absolute atomic E-state index is 14.2. The first-order valence-corrected chi connectivity index (χ1v) is 8.67. The van der Waals surface area contributed by atoms with Crippen LogP contribution >= 0.6 is 0 Å². The molecule has 142 valence electrons. The highest BCUT2D eigenvalue weighted by atomic mass is 19.1. The normalized spacial score (nSPS) is 14.9. The summed E-state index contributed by atoms with van der Waals surface area (Å²) in [5.74, 6) is -1.47. The monoisotopic (exact) mass is 382 g/mol. The lowest BCUT2D eigenvalue weighted by atomic mass is 9.74. The molecule has 0 atom stereocenters. The van der Waals surface area contributed by atoms with Crippen LogP contribution in [-0.2, 0) is 5.54 Å². The Labute approximate surface area is 159 Å². The third kappa shape index (κ3) is 3.15. The first-order valence-electron chi connectivity index (χ1n) is 8.67. The first-order chi connectivity index (χ1) is 13.5. The van der Waals surface area contributed by atoms with E-state index in [1.807, 2.05) is 0 Å². The molecule has 1 amide bonds. The molecule has 0 saturated heterocycles. The average Bonchev–Trinajstić information content (AvgIpc) is 2.66. The van der Waals surface area contributed by atoms with Gasteiger partial charge in [-0.2, -0.15) is 0 Å². The number of benzene rings is 1. The Morgan fingerprint density at radius 2 is 1.93 bits per heavy atom. The lowest BCUT2D eigenvalue weighted by molar-refractivity contribution is 0.100. The van der Waals surface area contributed by atoms with Crippen molar-refractivity contribution >= 4 is 11.9 Å². The third-order valence-corrected chi connectivity index (χ3v) is 4.86. The van der Waals surface area contributed by atoms with Crippen molar-refractivity contribution in [3.05, 3.63) is 65.6 Å². The molecule has 0 aliphatic heterocycles. The van der Waals surface area contributed by atoms with Crippen molar-refractivity contribution in [1.82, 2.24) is 20.2 Å². The third-order valence-electron chi connectivity index (χ3n) is 4.86. The number of hydrogen-bond donors (Lipinski definition) is 2. The van der Waals surface area contributed by atoms with E-state index in [9.17, 15) is 13.6 Å². The summed E-state index contributed by atoms with van der Waals surface area (Å²) in [4.78, 5) is 19.6. The second-order valence-corrected chi connectivity index (χ2v) is 6.62.